The predicted molar refractivity (Wildman–Crippen MR) is 180 cm³/mol. The highest BCUT2D eigenvalue weighted by atomic mass is 35.5. The molecule has 4 heterocycles. The molecule has 5 aromatic rings. The van der Waals surface area contributed by atoms with Crippen LogP contribution in [0.15, 0.2) is 85.1 Å². The minimum atomic E-state index is -4.49. The summed E-state index contributed by atoms with van der Waals surface area (Å²) in [7, 11) is 0. The smallest absolute Gasteiger partial charge is 0.367 e. The number of aryl methyl sites for hydroxylation is 1. The number of halogens is 4. The summed E-state index contributed by atoms with van der Waals surface area (Å²) < 4.78 is 41.3. The second-order valence-corrected chi connectivity index (χ2v) is 12.3. The van der Waals surface area contributed by atoms with Crippen molar-refractivity contribution in [2.75, 3.05) is 54.4 Å². The van der Waals surface area contributed by atoms with Gasteiger partial charge in [-0.3, -0.25) is 9.78 Å². The van der Waals surface area contributed by atoms with Crippen LogP contribution in [0, 0.1) is 6.92 Å². The number of nitrogens with one attached hydrogen (secondary N) is 1. The van der Waals surface area contributed by atoms with E-state index in [9.17, 15) is 18.0 Å². The lowest BCUT2D eigenvalue weighted by Crippen LogP contribution is -2.48. The number of rotatable bonds is 5. The van der Waals surface area contributed by atoms with E-state index in [4.69, 9.17) is 11.6 Å². The molecule has 0 unspecified atom stereocenters. The average molecular weight is 657 g/mol. The van der Waals surface area contributed by atoms with Crippen LogP contribution in [-0.4, -0.2) is 60.0 Å². The minimum absolute atomic E-state index is 0.0205. The molecule has 7 rings (SSSR count). The van der Waals surface area contributed by atoms with Gasteiger partial charge < -0.3 is 20.0 Å². The summed E-state index contributed by atoms with van der Waals surface area (Å²) in [6.07, 6.45) is -2.76. The maximum Gasteiger partial charge on any atom is 0.416 e. The molecule has 0 spiro atoms. The van der Waals surface area contributed by atoms with Crippen molar-refractivity contribution < 1.29 is 18.0 Å². The van der Waals surface area contributed by atoms with Crippen LogP contribution in [0.2, 0.25) is 5.02 Å². The van der Waals surface area contributed by atoms with Crippen molar-refractivity contribution in [3.8, 4) is 11.1 Å². The summed E-state index contributed by atoms with van der Waals surface area (Å²) in [5, 5.41) is 4.61. The molecule has 3 aromatic carbocycles. The van der Waals surface area contributed by atoms with E-state index in [0.29, 0.717) is 43.2 Å². The zero-order valence-corrected chi connectivity index (χ0v) is 26.4. The van der Waals surface area contributed by atoms with Crippen LogP contribution in [0.3, 0.4) is 0 Å². The van der Waals surface area contributed by atoms with Crippen molar-refractivity contribution in [3.63, 3.8) is 0 Å². The van der Waals surface area contributed by atoms with Crippen molar-refractivity contribution in [3.05, 3.63) is 112 Å². The first-order chi connectivity index (χ1) is 22.6. The van der Waals surface area contributed by atoms with Gasteiger partial charge in [0.05, 0.1) is 16.8 Å². The molecule has 11 heteroatoms. The molecule has 1 saturated heterocycles. The number of anilines is 3. The summed E-state index contributed by atoms with van der Waals surface area (Å²) in [6, 6.07) is 23.2. The zero-order chi connectivity index (χ0) is 32.7. The highest BCUT2D eigenvalue weighted by Crippen LogP contribution is 2.37. The van der Waals surface area contributed by atoms with Gasteiger partial charge in [-0.25, -0.2) is 4.98 Å². The van der Waals surface area contributed by atoms with Crippen molar-refractivity contribution in [2.45, 2.75) is 19.6 Å². The molecule has 47 heavy (non-hydrogen) atoms. The number of fused-ring (bicyclic) bond motifs is 2. The fourth-order valence-corrected chi connectivity index (χ4v) is 6.64. The molecule has 0 atom stereocenters. The Morgan fingerprint density at radius 3 is 2.43 bits per heavy atom. The van der Waals surface area contributed by atoms with E-state index in [1.165, 1.54) is 12.1 Å². The van der Waals surface area contributed by atoms with Crippen molar-refractivity contribution in [1.82, 2.24) is 14.9 Å². The van der Waals surface area contributed by atoms with Gasteiger partial charge in [0, 0.05) is 84.9 Å². The summed E-state index contributed by atoms with van der Waals surface area (Å²) in [4.78, 5) is 28.8. The quantitative estimate of drug-likeness (QED) is 0.210. The fraction of sp³-hybridized carbons (Fsp3) is 0.250. The third kappa shape index (κ3) is 6.30. The first kappa shape index (κ1) is 30.8. The molecule has 1 N–H and O–H groups in total. The molecule has 1 amide bonds. The van der Waals surface area contributed by atoms with E-state index in [1.807, 2.05) is 65.3 Å². The number of nitrogens with zero attached hydrogens (tertiary/aromatic N) is 5. The number of carbonyl (C=O) groups excluding carboxylic acids is 1. The van der Waals surface area contributed by atoms with Crippen LogP contribution in [0.4, 0.5) is 30.4 Å². The molecule has 2 aromatic heterocycles. The lowest BCUT2D eigenvalue weighted by Gasteiger charge is -2.36. The van der Waals surface area contributed by atoms with Crippen molar-refractivity contribution in [2.24, 2.45) is 0 Å². The van der Waals surface area contributed by atoms with Crippen molar-refractivity contribution >= 4 is 45.6 Å². The number of aromatic nitrogens is 2. The average Bonchev–Trinajstić information content (AvgIpc) is 3.07. The Balaban J connectivity index is 1.06. The van der Waals surface area contributed by atoms with E-state index in [2.05, 4.69) is 32.3 Å². The number of pyridine rings is 2. The molecule has 2 aliphatic heterocycles. The molecule has 0 radical (unpaired) electrons. The molecule has 0 bridgehead atoms. The van der Waals surface area contributed by atoms with Gasteiger partial charge in [-0.15, -0.1) is 0 Å². The second kappa shape index (κ2) is 12.4. The monoisotopic (exact) mass is 656 g/mol. The third-order valence-electron chi connectivity index (χ3n) is 8.81. The van der Waals surface area contributed by atoms with Gasteiger partial charge in [0.1, 0.15) is 5.82 Å². The summed E-state index contributed by atoms with van der Waals surface area (Å²) in [5.41, 5.74) is 5.44. The van der Waals surface area contributed by atoms with Gasteiger partial charge in [0.2, 0.25) is 0 Å². The third-order valence-corrected chi connectivity index (χ3v) is 9.05. The number of benzene rings is 3. The number of carbonyl (C=O) groups is 1. The Morgan fingerprint density at radius 2 is 1.66 bits per heavy atom. The highest BCUT2D eigenvalue weighted by molar-refractivity contribution is 6.30. The lowest BCUT2D eigenvalue weighted by molar-refractivity contribution is -0.138. The number of amides is 1. The van der Waals surface area contributed by atoms with Gasteiger partial charge in [-0.05, 0) is 66.6 Å². The number of alkyl halides is 3. The maximum absolute atomic E-state index is 13.8. The zero-order valence-electron chi connectivity index (χ0n) is 25.7. The van der Waals surface area contributed by atoms with Crippen LogP contribution < -0.4 is 15.1 Å². The largest absolute Gasteiger partial charge is 0.416 e. The predicted octanol–water partition coefficient (Wildman–Crippen LogP) is 7.67. The fourth-order valence-electron chi connectivity index (χ4n) is 6.44. The SMILES string of the molecule is Cc1cc(N2CCN(C(=O)c3ccc(-c4cnc5c(c4)N(Cc4cc(Cl)ccc4C(F)(F)F)CCN5)cc3)CC2)c2ccccc2n1. The van der Waals surface area contributed by atoms with Gasteiger partial charge in [-0.2, -0.15) is 13.2 Å². The Labute approximate surface area is 275 Å². The summed E-state index contributed by atoms with van der Waals surface area (Å²) in [5.74, 6) is 0.587. The van der Waals surface area contributed by atoms with Crippen LogP contribution in [0.1, 0.15) is 27.2 Å². The number of para-hydroxylation sites is 1. The van der Waals surface area contributed by atoms with E-state index in [1.54, 1.807) is 6.20 Å². The standard InChI is InChI=1S/C36H32ClF3N6O/c1-23-18-32(29-4-2-3-5-31(29)43-23)44-14-16-45(17-15-44)35(47)25-8-6-24(7-9-25)26-20-33-34(42-21-26)41-12-13-46(33)22-27-19-28(37)10-11-30(27)36(38,39)40/h2-11,18-21H,12-17,22H2,1H3,(H,41,42). The highest BCUT2D eigenvalue weighted by Gasteiger charge is 2.34. The van der Waals surface area contributed by atoms with Gasteiger partial charge in [0.25, 0.3) is 5.91 Å². The van der Waals surface area contributed by atoms with Crippen molar-refractivity contribution in [1.29, 1.82) is 0 Å². The topological polar surface area (TPSA) is 64.6 Å². The van der Waals surface area contributed by atoms with E-state index >= 15 is 0 Å². The first-order valence-electron chi connectivity index (χ1n) is 15.5. The van der Waals surface area contributed by atoms with Gasteiger partial charge >= 0.3 is 6.18 Å². The Kier molecular flexibility index (Phi) is 8.13. The van der Waals surface area contributed by atoms with Gasteiger partial charge in [0.15, 0.2) is 0 Å². The number of piperazine rings is 1. The van der Waals surface area contributed by atoms with Crippen LogP contribution in [-0.2, 0) is 12.7 Å². The molecule has 7 nitrogen and oxygen atoms in total. The Morgan fingerprint density at radius 1 is 0.894 bits per heavy atom. The molecule has 0 aliphatic carbocycles. The normalized spacial score (nSPS) is 15.0. The van der Waals surface area contributed by atoms with E-state index in [0.717, 1.165) is 52.6 Å². The lowest BCUT2D eigenvalue weighted by atomic mass is 10.0. The number of hydrogen-bond acceptors (Lipinski definition) is 6. The molecule has 0 saturated carbocycles. The Hall–Kier alpha value is -4.83. The summed E-state index contributed by atoms with van der Waals surface area (Å²) in [6.45, 7) is 5.75. The van der Waals surface area contributed by atoms with Crippen LogP contribution in [0.25, 0.3) is 22.0 Å². The van der Waals surface area contributed by atoms with Crippen LogP contribution in [0.5, 0.6) is 0 Å². The summed E-state index contributed by atoms with van der Waals surface area (Å²) >= 11 is 6.09. The van der Waals surface area contributed by atoms with Crippen LogP contribution >= 0.6 is 11.6 Å². The van der Waals surface area contributed by atoms with E-state index < -0.39 is 11.7 Å². The molecular formula is C36H32ClF3N6O. The minimum Gasteiger partial charge on any atom is -0.367 e. The molecule has 2 aliphatic rings. The van der Waals surface area contributed by atoms with E-state index in [-0.39, 0.29) is 23.0 Å². The molecule has 240 valence electrons. The Bertz CT molecular complexity index is 1960. The molecular weight excluding hydrogens is 625 g/mol. The maximum atomic E-state index is 13.8. The first-order valence-corrected chi connectivity index (χ1v) is 15.9. The molecule has 1 fully saturated rings. The second-order valence-electron chi connectivity index (χ2n) is 11.9. The van der Waals surface area contributed by atoms with Gasteiger partial charge in [-0.1, -0.05) is 41.9 Å². The number of hydrogen-bond donors (Lipinski definition) is 1.